The molecule has 2 heterocycles. The van der Waals surface area contributed by atoms with E-state index in [1.165, 1.54) is 19.5 Å². The van der Waals surface area contributed by atoms with E-state index in [-0.39, 0.29) is 5.56 Å². The van der Waals surface area contributed by atoms with Crippen molar-refractivity contribution in [3.8, 4) is 0 Å². The first-order chi connectivity index (χ1) is 8.25. The summed E-state index contributed by atoms with van der Waals surface area (Å²) in [5, 5.41) is 3.44. The summed E-state index contributed by atoms with van der Waals surface area (Å²) in [4.78, 5) is 13.8. The molecule has 1 unspecified atom stereocenters. The highest BCUT2D eigenvalue weighted by molar-refractivity contribution is 4.93. The second-order valence-corrected chi connectivity index (χ2v) is 4.85. The van der Waals surface area contributed by atoms with Gasteiger partial charge >= 0.3 is 0 Å². The third kappa shape index (κ3) is 3.68. The normalized spacial score (nSPS) is 20.9. The molecule has 0 amide bonds. The first-order valence-electron chi connectivity index (χ1n) is 6.30. The molecule has 1 aliphatic rings. The molecule has 0 radical (unpaired) electrons. The van der Waals surface area contributed by atoms with Crippen LogP contribution in [0.4, 0.5) is 0 Å². The van der Waals surface area contributed by atoms with Gasteiger partial charge in [-0.15, -0.1) is 0 Å². The van der Waals surface area contributed by atoms with Crippen LogP contribution in [0.1, 0.15) is 6.42 Å². The maximum Gasteiger partial charge on any atom is 0.250 e. The minimum Gasteiger partial charge on any atom is -0.315 e. The summed E-state index contributed by atoms with van der Waals surface area (Å²) in [5.74, 6) is 0.771. The number of nitrogens with one attached hydrogen (secondary N) is 1. The molecule has 0 spiro atoms. The van der Waals surface area contributed by atoms with Crippen molar-refractivity contribution in [3.63, 3.8) is 0 Å². The fourth-order valence-corrected chi connectivity index (χ4v) is 2.34. The summed E-state index contributed by atoms with van der Waals surface area (Å²) in [6.45, 7) is 5.08. The maximum atomic E-state index is 11.4. The summed E-state index contributed by atoms with van der Waals surface area (Å²) in [6, 6.07) is 5.28. The molecule has 94 valence electrons. The van der Waals surface area contributed by atoms with Gasteiger partial charge in [0, 0.05) is 31.9 Å². The van der Waals surface area contributed by atoms with Crippen molar-refractivity contribution in [2.45, 2.75) is 13.0 Å². The summed E-state index contributed by atoms with van der Waals surface area (Å²) < 4.78 is 1.74. The van der Waals surface area contributed by atoms with Crippen LogP contribution in [0.2, 0.25) is 0 Å². The number of pyridine rings is 1. The van der Waals surface area contributed by atoms with E-state index in [1.54, 1.807) is 16.7 Å². The molecule has 1 N–H and O–H groups in total. The highest BCUT2D eigenvalue weighted by Gasteiger charge is 2.18. The van der Waals surface area contributed by atoms with Crippen LogP contribution in [0.5, 0.6) is 0 Å². The second-order valence-electron chi connectivity index (χ2n) is 4.85. The molecule has 2 rings (SSSR count). The van der Waals surface area contributed by atoms with Gasteiger partial charge in [-0.3, -0.25) is 4.79 Å². The molecule has 1 aliphatic heterocycles. The zero-order valence-corrected chi connectivity index (χ0v) is 10.4. The molecule has 0 aliphatic carbocycles. The van der Waals surface area contributed by atoms with E-state index >= 15 is 0 Å². The molecule has 4 heteroatoms. The van der Waals surface area contributed by atoms with Gasteiger partial charge in [-0.25, -0.2) is 0 Å². The Bertz CT molecular complexity index is 402. The van der Waals surface area contributed by atoms with Gasteiger partial charge in [0.05, 0.1) is 0 Å². The van der Waals surface area contributed by atoms with Gasteiger partial charge in [0.2, 0.25) is 0 Å². The lowest BCUT2D eigenvalue weighted by molar-refractivity contribution is 0.387. The predicted octanol–water partition coefficient (Wildman–Crippen LogP) is 0.390. The highest BCUT2D eigenvalue weighted by atomic mass is 16.1. The number of likely N-dealkylation sites (tertiary alicyclic amines) is 1. The molecule has 0 saturated carbocycles. The van der Waals surface area contributed by atoms with E-state index in [0.29, 0.717) is 0 Å². The van der Waals surface area contributed by atoms with Crippen molar-refractivity contribution in [1.29, 1.82) is 0 Å². The Morgan fingerprint density at radius 2 is 2.35 bits per heavy atom. The quantitative estimate of drug-likeness (QED) is 0.750. The van der Waals surface area contributed by atoms with Gasteiger partial charge in [0.1, 0.15) is 0 Å². The van der Waals surface area contributed by atoms with Crippen LogP contribution in [-0.4, -0.2) is 42.7 Å². The lowest BCUT2D eigenvalue weighted by Crippen LogP contribution is -2.30. The Hall–Kier alpha value is -1.13. The van der Waals surface area contributed by atoms with Gasteiger partial charge in [-0.2, -0.15) is 0 Å². The van der Waals surface area contributed by atoms with Gasteiger partial charge in [0.25, 0.3) is 5.56 Å². The Morgan fingerprint density at radius 1 is 1.47 bits per heavy atom. The number of hydrogen-bond donors (Lipinski definition) is 1. The predicted molar refractivity (Wildman–Crippen MR) is 69.2 cm³/mol. The molecule has 0 bridgehead atoms. The minimum atomic E-state index is 0.0786. The van der Waals surface area contributed by atoms with Gasteiger partial charge in [-0.05, 0) is 38.5 Å². The molecule has 1 saturated heterocycles. The fourth-order valence-electron chi connectivity index (χ4n) is 2.34. The van der Waals surface area contributed by atoms with Crippen LogP contribution in [0.3, 0.4) is 0 Å². The molecule has 1 atom stereocenters. The van der Waals surface area contributed by atoms with E-state index in [9.17, 15) is 4.79 Å². The highest BCUT2D eigenvalue weighted by Crippen LogP contribution is 2.12. The third-order valence-corrected chi connectivity index (χ3v) is 3.35. The van der Waals surface area contributed by atoms with Crippen molar-refractivity contribution in [3.05, 3.63) is 34.7 Å². The van der Waals surface area contributed by atoms with E-state index in [2.05, 4.69) is 17.3 Å². The minimum absolute atomic E-state index is 0.0786. The Labute approximate surface area is 102 Å². The summed E-state index contributed by atoms with van der Waals surface area (Å²) >= 11 is 0. The molecule has 1 aromatic heterocycles. The largest absolute Gasteiger partial charge is 0.315 e. The molecule has 4 nitrogen and oxygen atoms in total. The fraction of sp³-hybridized carbons (Fsp3) is 0.615. The number of nitrogens with zero attached hydrogens (tertiary/aromatic N) is 2. The van der Waals surface area contributed by atoms with Crippen molar-refractivity contribution in [2.75, 3.05) is 33.2 Å². The first kappa shape index (κ1) is 12.3. The van der Waals surface area contributed by atoms with Crippen molar-refractivity contribution >= 4 is 0 Å². The average Bonchev–Trinajstić information content (AvgIpc) is 2.73. The molecular weight excluding hydrogens is 214 g/mol. The number of hydrogen-bond acceptors (Lipinski definition) is 3. The van der Waals surface area contributed by atoms with Crippen molar-refractivity contribution in [1.82, 2.24) is 14.8 Å². The van der Waals surface area contributed by atoms with E-state index < -0.39 is 0 Å². The van der Waals surface area contributed by atoms with Crippen LogP contribution < -0.4 is 10.9 Å². The zero-order chi connectivity index (χ0) is 12.1. The molecular formula is C13H21N3O. The van der Waals surface area contributed by atoms with Crippen molar-refractivity contribution in [2.24, 2.45) is 5.92 Å². The van der Waals surface area contributed by atoms with Crippen molar-refractivity contribution < 1.29 is 0 Å². The molecule has 1 aromatic rings. The average molecular weight is 235 g/mol. The van der Waals surface area contributed by atoms with E-state index in [0.717, 1.165) is 25.6 Å². The Kier molecular flexibility index (Phi) is 4.34. The van der Waals surface area contributed by atoms with Crippen LogP contribution in [0.15, 0.2) is 29.2 Å². The zero-order valence-electron chi connectivity index (χ0n) is 10.4. The smallest absolute Gasteiger partial charge is 0.250 e. The first-order valence-corrected chi connectivity index (χ1v) is 6.30. The van der Waals surface area contributed by atoms with Crippen LogP contribution in [0, 0.1) is 5.92 Å². The summed E-state index contributed by atoms with van der Waals surface area (Å²) in [5.41, 5.74) is 0.0786. The molecule has 1 fully saturated rings. The SMILES string of the molecule is CN1CCC(CNCCn2ccccc2=O)C1. The molecule has 0 aromatic carbocycles. The topological polar surface area (TPSA) is 37.3 Å². The van der Waals surface area contributed by atoms with Crippen LogP contribution >= 0.6 is 0 Å². The number of aromatic nitrogens is 1. The van der Waals surface area contributed by atoms with Gasteiger partial charge in [-0.1, -0.05) is 6.07 Å². The van der Waals surface area contributed by atoms with Crippen LogP contribution in [0.25, 0.3) is 0 Å². The Balaban J connectivity index is 1.67. The van der Waals surface area contributed by atoms with Gasteiger partial charge in [0.15, 0.2) is 0 Å². The lowest BCUT2D eigenvalue weighted by atomic mass is 10.1. The van der Waals surface area contributed by atoms with Gasteiger partial charge < -0.3 is 14.8 Å². The second kappa shape index (κ2) is 5.98. The maximum absolute atomic E-state index is 11.4. The van der Waals surface area contributed by atoms with E-state index in [1.807, 2.05) is 12.3 Å². The standard InChI is InChI=1S/C13H21N3O/c1-15-8-5-12(11-15)10-14-6-9-16-7-3-2-4-13(16)17/h2-4,7,12,14H,5-6,8-11H2,1H3. The monoisotopic (exact) mass is 235 g/mol. The summed E-state index contributed by atoms with van der Waals surface area (Å²) in [7, 11) is 2.17. The van der Waals surface area contributed by atoms with Crippen LogP contribution in [-0.2, 0) is 6.54 Å². The third-order valence-electron chi connectivity index (χ3n) is 3.35. The molecule has 17 heavy (non-hydrogen) atoms. The summed E-state index contributed by atoms with van der Waals surface area (Å²) in [6.07, 6.45) is 3.13. The lowest BCUT2D eigenvalue weighted by Gasteiger charge is -2.12. The Morgan fingerprint density at radius 3 is 3.06 bits per heavy atom. The van der Waals surface area contributed by atoms with E-state index in [4.69, 9.17) is 0 Å². The number of rotatable bonds is 5.